The van der Waals surface area contributed by atoms with E-state index < -0.39 is 0 Å². The van der Waals surface area contributed by atoms with Gasteiger partial charge in [-0.25, -0.2) is 0 Å². The number of carbonyl (C=O) groups excluding carboxylic acids is 1. The molecule has 5 heteroatoms. The molecule has 3 fully saturated rings. The predicted octanol–water partition coefficient (Wildman–Crippen LogP) is 1.31. The zero-order valence-corrected chi connectivity index (χ0v) is 13.1. The van der Waals surface area contributed by atoms with Crippen LogP contribution < -0.4 is 5.32 Å². The Kier molecular flexibility index (Phi) is 5.14. The molecular formula is C16H28N2O3. The van der Waals surface area contributed by atoms with Crippen molar-refractivity contribution in [3.63, 3.8) is 0 Å². The number of nitrogens with zero attached hydrogens (tertiary/aromatic N) is 1. The highest BCUT2D eigenvalue weighted by atomic mass is 16.5. The normalized spacial score (nSPS) is 31.5. The Hall–Kier alpha value is -0.650. The number of hydrogen-bond acceptors (Lipinski definition) is 5. The maximum Gasteiger partial charge on any atom is 0.324 e. The number of ether oxygens (including phenoxy) is 2. The molecule has 2 saturated carbocycles. The molecule has 0 aromatic carbocycles. The van der Waals surface area contributed by atoms with Crippen molar-refractivity contribution in [3.05, 3.63) is 0 Å². The van der Waals surface area contributed by atoms with Gasteiger partial charge in [-0.3, -0.25) is 9.69 Å². The monoisotopic (exact) mass is 296 g/mol. The third-order valence-electron chi connectivity index (χ3n) is 4.85. The molecule has 0 bridgehead atoms. The quantitative estimate of drug-likeness (QED) is 0.749. The predicted molar refractivity (Wildman–Crippen MR) is 80.1 cm³/mol. The summed E-state index contributed by atoms with van der Waals surface area (Å²) in [6, 6.07) is 0.825. The summed E-state index contributed by atoms with van der Waals surface area (Å²) in [5.74, 6) is -0.0942. The van der Waals surface area contributed by atoms with E-state index in [9.17, 15) is 4.79 Å². The van der Waals surface area contributed by atoms with Gasteiger partial charge < -0.3 is 14.8 Å². The summed E-state index contributed by atoms with van der Waals surface area (Å²) in [5, 5.41) is 3.46. The van der Waals surface area contributed by atoms with E-state index in [4.69, 9.17) is 9.47 Å². The van der Waals surface area contributed by atoms with E-state index in [1.807, 2.05) is 6.92 Å². The van der Waals surface area contributed by atoms with Gasteiger partial charge in [0.2, 0.25) is 0 Å². The van der Waals surface area contributed by atoms with Crippen molar-refractivity contribution < 1.29 is 14.3 Å². The molecule has 0 aromatic rings. The fourth-order valence-corrected chi connectivity index (χ4v) is 3.61. The Labute approximate surface area is 127 Å². The van der Waals surface area contributed by atoms with Gasteiger partial charge in [-0.05, 0) is 32.6 Å². The molecule has 2 aliphatic carbocycles. The molecule has 0 radical (unpaired) electrons. The van der Waals surface area contributed by atoms with Gasteiger partial charge >= 0.3 is 5.97 Å². The first-order valence-electron chi connectivity index (χ1n) is 8.56. The van der Waals surface area contributed by atoms with Crippen LogP contribution in [0, 0.1) is 0 Å². The smallest absolute Gasteiger partial charge is 0.324 e. The summed E-state index contributed by atoms with van der Waals surface area (Å²) in [7, 11) is 0. The largest absolute Gasteiger partial charge is 0.465 e. The Morgan fingerprint density at radius 1 is 1.33 bits per heavy atom. The molecule has 3 atom stereocenters. The molecule has 5 nitrogen and oxygen atoms in total. The Morgan fingerprint density at radius 3 is 2.90 bits per heavy atom. The summed E-state index contributed by atoms with van der Waals surface area (Å²) in [5.41, 5.74) is 0. The summed E-state index contributed by atoms with van der Waals surface area (Å²) in [4.78, 5) is 14.7. The summed E-state index contributed by atoms with van der Waals surface area (Å²) in [6.07, 6.45) is 7.66. The molecule has 3 unspecified atom stereocenters. The summed E-state index contributed by atoms with van der Waals surface area (Å²) < 4.78 is 11.2. The maximum atomic E-state index is 12.2. The van der Waals surface area contributed by atoms with E-state index in [2.05, 4.69) is 10.2 Å². The lowest BCUT2D eigenvalue weighted by Gasteiger charge is -2.44. The lowest BCUT2D eigenvalue weighted by atomic mass is 9.90. The van der Waals surface area contributed by atoms with Crippen molar-refractivity contribution in [2.45, 2.75) is 69.7 Å². The van der Waals surface area contributed by atoms with Crippen LogP contribution in [0.15, 0.2) is 0 Å². The molecule has 0 amide bonds. The Balaban J connectivity index is 1.61. The first-order chi connectivity index (χ1) is 10.3. The Morgan fingerprint density at radius 2 is 2.14 bits per heavy atom. The lowest BCUT2D eigenvalue weighted by molar-refractivity contribution is -0.148. The molecule has 3 rings (SSSR count). The van der Waals surface area contributed by atoms with Gasteiger partial charge in [0.15, 0.2) is 0 Å². The minimum atomic E-state index is -0.182. The second-order valence-corrected chi connectivity index (χ2v) is 6.50. The number of hydrogen-bond donors (Lipinski definition) is 1. The SMILES string of the molecule is CCOC(=O)C(CN1CCOC2CCCCC21)NC1CC1. The molecule has 120 valence electrons. The van der Waals surface area contributed by atoms with Gasteiger partial charge in [-0.1, -0.05) is 12.8 Å². The molecule has 1 saturated heterocycles. The van der Waals surface area contributed by atoms with Crippen LogP contribution >= 0.6 is 0 Å². The molecule has 1 N–H and O–H groups in total. The lowest BCUT2D eigenvalue weighted by Crippen LogP contribution is -2.57. The fourth-order valence-electron chi connectivity index (χ4n) is 3.61. The van der Waals surface area contributed by atoms with E-state index >= 15 is 0 Å². The van der Waals surface area contributed by atoms with Gasteiger partial charge in [-0.2, -0.15) is 0 Å². The van der Waals surface area contributed by atoms with Crippen molar-refractivity contribution in [2.24, 2.45) is 0 Å². The van der Waals surface area contributed by atoms with Gasteiger partial charge in [0, 0.05) is 25.2 Å². The highest BCUT2D eigenvalue weighted by molar-refractivity contribution is 5.76. The number of rotatable bonds is 6. The average molecular weight is 296 g/mol. The molecule has 0 aromatic heterocycles. The van der Waals surface area contributed by atoms with Crippen LogP contribution in [0.3, 0.4) is 0 Å². The Bertz CT molecular complexity index is 357. The number of esters is 1. The first kappa shape index (κ1) is 15.3. The molecule has 0 spiro atoms. The zero-order valence-electron chi connectivity index (χ0n) is 13.1. The third kappa shape index (κ3) is 3.96. The van der Waals surface area contributed by atoms with E-state index in [-0.39, 0.29) is 12.0 Å². The number of fused-ring (bicyclic) bond motifs is 1. The van der Waals surface area contributed by atoms with E-state index in [0.29, 0.717) is 24.8 Å². The number of nitrogens with one attached hydrogen (secondary N) is 1. The van der Waals surface area contributed by atoms with Crippen LogP contribution in [0.2, 0.25) is 0 Å². The molecule has 1 heterocycles. The van der Waals surface area contributed by atoms with Crippen molar-refractivity contribution in [1.29, 1.82) is 0 Å². The summed E-state index contributed by atoms with van der Waals surface area (Å²) in [6.45, 7) is 4.82. The molecule has 3 aliphatic rings. The minimum absolute atomic E-state index is 0.0942. The topological polar surface area (TPSA) is 50.8 Å². The van der Waals surface area contributed by atoms with Crippen molar-refractivity contribution in [1.82, 2.24) is 10.2 Å². The second kappa shape index (κ2) is 7.07. The standard InChI is InChI=1S/C16H28N2O3/c1-2-20-16(19)13(17-12-7-8-12)11-18-9-10-21-15-6-4-3-5-14(15)18/h12-15,17H,2-11H2,1H3. The van der Waals surface area contributed by atoms with E-state index in [1.165, 1.54) is 38.5 Å². The van der Waals surface area contributed by atoms with Crippen LogP contribution in [-0.4, -0.2) is 61.4 Å². The van der Waals surface area contributed by atoms with E-state index in [1.54, 1.807) is 0 Å². The first-order valence-corrected chi connectivity index (χ1v) is 8.56. The zero-order chi connectivity index (χ0) is 14.7. The minimum Gasteiger partial charge on any atom is -0.465 e. The van der Waals surface area contributed by atoms with Gasteiger partial charge in [0.25, 0.3) is 0 Å². The number of carbonyl (C=O) groups is 1. The summed E-state index contributed by atoms with van der Waals surface area (Å²) >= 11 is 0. The third-order valence-corrected chi connectivity index (χ3v) is 4.85. The van der Waals surface area contributed by atoms with Crippen LogP contribution in [0.4, 0.5) is 0 Å². The van der Waals surface area contributed by atoms with Crippen LogP contribution in [-0.2, 0) is 14.3 Å². The van der Waals surface area contributed by atoms with Crippen LogP contribution in [0.25, 0.3) is 0 Å². The fraction of sp³-hybridized carbons (Fsp3) is 0.938. The van der Waals surface area contributed by atoms with Crippen LogP contribution in [0.5, 0.6) is 0 Å². The van der Waals surface area contributed by atoms with Gasteiger partial charge in [-0.15, -0.1) is 0 Å². The van der Waals surface area contributed by atoms with Gasteiger partial charge in [0.05, 0.1) is 19.3 Å². The van der Waals surface area contributed by atoms with Crippen molar-refractivity contribution in [2.75, 3.05) is 26.3 Å². The molecule has 1 aliphatic heterocycles. The highest BCUT2D eigenvalue weighted by Crippen LogP contribution is 2.29. The van der Waals surface area contributed by atoms with Crippen LogP contribution in [0.1, 0.15) is 45.4 Å². The second-order valence-electron chi connectivity index (χ2n) is 6.50. The molecular weight excluding hydrogens is 268 g/mol. The van der Waals surface area contributed by atoms with E-state index in [0.717, 1.165) is 19.7 Å². The highest BCUT2D eigenvalue weighted by Gasteiger charge is 2.37. The van der Waals surface area contributed by atoms with Crippen molar-refractivity contribution in [3.8, 4) is 0 Å². The van der Waals surface area contributed by atoms with Gasteiger partial charge in [0.1, 0.15) is 6.04 Å². The average Bonchev–Trinajstić information content (AvgIpc) is 3.31. The number of morpholine rings is 1. The molecule has 21 heavy (non-hydrogen) atoms. The maximum absolute atomic E-state index is 12.2. The van der Waals surface area contributed by atoms with Crippen molar-refractivity contribution >= 4 is 5.97 Å².